The maximum atomic E-state index is 12.9. The molecule has 0 radical (unpaired) electrons. The topological polar surface area (TPSA) is 78.9 Å². The van der Waals surface area contributed by atoms with Gasteiger partial charge in [-0.2, -0.15) is 0 Å². The number of amides is 2. The van der Waals surface area contributed by atoms with Gasteiger partial charge in [0.1, 0.15) is 6.04 Å². The minimum absolute atomic E-state index is 0.125. The number of β-amino-alcohol motifs (C(OH)–C–C–N with tert-alkyl or cyclic N) is 1. The molecule has 0 aromatic heterocycles. The number of nitrogens with zero attached hydrogens (tertiary/aromatic N) is 1. The SMILES string of the molecule is CC(C)COC(=O)N1C[C@H](O)C[C@@H]1C(=O)Nc1ccc(C23CC4CC(CC(C4)C2)C3)cc1. The van der Waals surface area contributed by atoms with Crippen molar-refractivity contribution in [2.24, 2.45) is 23.7 Å². The predicted octanol–water partition coefficient (Wildman–Crippen LogP) is 4.32. The van der Waals surface area contributed by atoms with E-state index in [1.807, 2.05) is 26.0 Å². The minimum atomic E-state index is -0.715. The molecule has 1 saturated heterocycles. The van der Waals surface area contributed by atoms with E-state index in [4.69, 9.17) is 4.74 Å². The molecule has 4 aliphatic carbocycles. The van der Waals surface area contributed by atoms with E-state index < -0.39 is 18.2 Å². The first-order valence-corrected chi connectivity index (χ1v) is 12.3. The van der Waals surface area contributed by atoms with Crippen molar-refractivity contribution in [1.82, 2.24) is 4.90 Å². The van der Waals surface area contributed by atoms with Crippen LogP contribution in [0.2, 0.25) is 0 Å². The molecule has 174 valence electrons. The number of hydrogen-bond donors (Lipinski definition) is 2. The second kappa shape index (κ2) is 8.36. The van der Waals surface area contributed by atoms with Crippen molar-refractivity contribution in [3.63, 3.8) is 0 Å². The van der Waals surface area contributed by atoms with Crippen molar-refractivity contribution in [3.05, 3.63) is 29.8 Å². The van der Waals surface area contributed by atoms with Gasteiger partial charge in [0.2, 0.25) is 5.91 Å². The number of carbonyl (C=O) groups is 2. The number of ether oxygens (including phenoxy) is 1. The summed E-state index contributed by atoms with van der Waals surface area (Å²) in [5.41, 5.74) is 2.49. The van der Waals surface area contributed by atoms with E-state index in [2.05, 4.69) is 17.4 Å². The van der Waals surface area contributed by atoms with Crippen LogP contribution in [0.3, 0.4) is 0 Å². The molecule has 2 atom stereocenters. The van der Waals surface area contributed by atoms with Crippen LogP contribution in [0, 0.1) is 23.7 Å². The first kappa shape index (κ1) is 21.7. The number of hydrogen-bond acceptors (Lipinski definition) is 4. The number of likely N-dealkylation sites (tertiary alicyclic amines) is 1. The molecule has 32 heavy (non-hydrogen) atoms. The highest BCUT2D eigenvalue weighted by Crippen LogP contribution is 2.60. The number of nitrogens with one attached hydrogen (secondary N) is 1. The van der Waals surface area contributed by atoms with E-state index >= 15 is 0 Å². The van der Waals surface area contributed by atoms with Gasteiger partial charge in [-0.25, -0.2) is 4.79 Å². The Kier molecular flexibility index (Phi) is 5.68. The van der Waals surface area contributed by atoms with E-state index in [-0.39, 0.29) is 24.8 Å². The lowest BCUT2D eigenvalue weighted by atomic mass is 9.48. The number of rotatable bonds is 5. The van der Waals surface area contributed by atoms with Crippen molar-refractivity contribution in [2.45, 2.75) is 76.4 Å². The fraction of sp³-hybridized carbons (Fsp3) is 0.692. The summed E-state index contributed by atoms with van der Waals surface area (Å²) in [6, 6.07) is 7.67. The Morgan fingerprint density at radius 1 is 1.06 bits per heavy atom. The molecule has 6 heteroatoms. The van der Waals surface area contributed by atoms with Crippen LogP contribution in [-0.2, 0) is 14.9 Å². The molecule has 1 aliphatic heterocycles. The Bertz CT molecular complexity index is 830. The minimum Gasteiger partial charge on any atom is -0.449 e. The van der Waals surface area contributed by atoms with Crippen molar-refractivity contribution in [2.75, 3.05) is 18.5 Å². The Morgan fingerprint density at radius 2 is 1.66 bits per heavy atom. The second-order valence-electron chi connectivity index (χ2n) is 11.3. The normalized spacial score (nSPS) is 35.4. The molecule has 5 aliphatic rings. The van der Waals surface area contributed by atoms with Crippen molar-refractivity contribution >= 4 is 17.7 Å². The monoisotopic (exact) mass is 440 g/mol. The molecule has 4 bridgehead atoms. The van der Waals surface area contributed by atoms with Gasteiger partial charge >= 0.3 is 6.09 Å². The molecular weight excluding hydrogens is 404 g/mol. The molecule has 1 heterocycles. The van der Waals surface area contributed by atoms with Crippen LogP contribution in [0.4, 0.5) is 10.5 Å². The van der Waals surface area contributed by atoms with Crippen LogP contribution in [0.1, 0.15) is 64.4 Å². The maximum absolute atomic E-state index is 12.9. The van der Waals surface area contributed by atoms with Gasteiger partial charge in [0.05, 0.1) is 19.3 Å². The van der Waals surface area contributed by atoms with Crippen LogP contribution >= 0.6 is 0 Å². The lowest BCUT2D eigenvalue weighted by Crippen LogP contribution is -2.48. The third kappa shape index (κ3) is 4.14. The third-order valence-electron chi connectivity index (χ3n) is 8.16. The summed E-state index contributed by atoms with van der Waals surface area (Å²) >= 11 is 0. The smallest absolute Gasteiger partial charge is 0.410 e. The zero-order valence-corrected chi connectivity index (χ0v) is 19.3. The van der Waals surface area contributed by atoms with Crippen molar-refractivity contribution in [1.29, 1.82) is 0 Å². The second-order valence-corrected chi connectivity index (χ2v) is 11.3. The van der Waals surface area contributed by atoms with Crippen molar-refractivity contribution in [3.8, 4) is 0 Å². The highest BCUT2D eigenvalue weighted by atomic mass is 16.6. The number of carbonyl (C=O) groups excluding carboxylic acids is 2. The molecule has 6 nitrogen and oxygen atoms in total. The molecule has 6 rings (SSSR count). The number of anilines is 1. The van der Waals surface area contributed by atoms with Gasteiger partial charge in [-0.05, 0) is 85.3 Å². The van der Waals surface area contributed by atoms with Gasteiger partial charge in [-0.3, -0.25) is 9.69 Å². The van der Waals surface area contributed by atoms with E-state index in [1.54, 1.807) is 0 Å². The number of aliphatic hydroxyl groups excluding tert-OH is 1. The Morgan fingerprint density at radius 3 is 2.22 bits per heavy atom. The summed E-state index contributed by atoms with van der Waals surface area (Å²) in [4.78, 5) is 26.7. The lowest BCUT2D eigenvalue weighted by molar-refractivity contribution is -0.120. The van der Waals surface area contributed by atoms with E-state index in [1.165, 1.54) is 49.0 Å². The molecule has 5 fully saturated rings. The van der Waals surface area contributed by atoms with Crippen LogP contribution < -0.4 is 5.32 Å². The van der Waals surface area contributed by atoms with Gasteiger partial charge < -0.3 is 15.2 Å². The van der Waals surface area contributed by atoms with Crippen LogP contribution in [0.15, 0.2) is 24.3 Å². The predicted molar refractivity (Wildman–Crippen MR) is 122 cm³/mol. The zero-order chi connectivity index (χ0) is 22.5. The van der Waals surface area contributed by atoms with Crippen LogP contribution in [0.5, 0.6) is 0 Å². The quantitative estimate of drug-likeness (QED) is 0.715. The van der Waals surface area contributed by atoms with Crippen LogP contribution in [0.25, 0.3) is 0 Å². The zero-order valence-electron chi connectivity index (χ0n) is 19.3. The lowest BCUT2D eigenvalue weighted by Gasteiger charge is -2.57. The standard InChI is InChI=1S/C26H36N2O4/c1-16(2)15-32-25(31)28-14-22(29)10-23(28)24(30)27-21-5-3-20(4-6-21)26-11-17-7-18(12-26)9-19(8-17)13-26/h3-6,16-19,22-23,29H,7-15H2,1-2H3,(H,27,30)/t17?,18?,19?,22-,23-,26?/m1/s1. The molecular formula is C26H36N2O4. The van der Waals surface area contributed by atoms with E-state index in [9.17, 15) is 14.7 Å². The summed E-state index contributed by atoms with van der Waals surface area (Å²) in [5, 5.41) is 13.0. The number of benzene rings is 1. The molecule has 1 aromatic carbocycles. The Hall–Kier alpha value is -2.08. The third-order valence-corrected chi connectivity index (χ3v) is 8.16. The first-order chi connectivity index (χ1) is 15.3. The van der Waals surface area contributed by atoms with Crippen LogP contribution in [-0.4, -0.2) is 47.3 Å². The fourth-order valence-corrected chi connectivity index (χ4v) is 7.18. The summed E-state index contributed by atoms with van der Waals surface area (Å²) in [6.07, 6.45) is 7.22. The van der Waals surface area contributed by atoms with E-state index in [0.717, 1.165) is 23.4 Å². The average molecular weight is 441 g/mol. The van der Waals surface area contributed by atoms with Gasteiger partial charge in [0.15, 0.2) is 0 Å². The molecule has 0 unspecified atom stereocenters. The molecule has 1 aromatic rings. The highest BCUT2D eigenvalue weighted by molar-refractivity contribution is 5.97. The summed E-state index contributed by atoms with van der Waals surface area (Å²) in [6.45, 7) is 4.35. The summed E-state index contributed by atoms with van der Waals surface area (Å²) in [7, 11) is 0. The highest BCUT2D eigenvalue weighted by Gasteiger charge is 2.51. The first-order valence-electron chi connectivity index (χ1n) is 12.3. The van der Waals surface area contributed by atoms with Gasteiger partial charge in [0.25, 0.3) is 0 Å². The number of aliphatic hydroxyl groups is 1. The molecule has 0 spiro atoms. The van der Waals surface area contributed by atoms with Gasteiger partial charge in [-0.15, -0.1) is 0 Å². The molecule has 4 saturated carbocycles. The van der Waals surface area contributed by atoms with Gasteiger partial charge in [0, 0.05) is 12.1 Å². The van der Waals surface area contributed by atoms with Gasteiger partial charge in [-0.1, -0.05) is 26.0 Å². The molecule has 2 amide bonds. The maximum Gasteiger partial charge on any atom is 0.410 e. The van der Waals surface area contributed by atoms with Crippen molar-refractivity contribution < 1.29 is 19.4 Å². The summed E-state index contributed by atoms with van der Waals surface area (Å²) in [5.74, 6) is 2.64. The average Bonchev–Trinajstić information content (AvgIpc) is 3.13. The summed E-state index contributed by atoms with van der Waals surface area (Å²) < 4.78 is 5.29. The Labute approximate surface area is 190 Å². The Balaban J connectivity index is 1.24. The van der Waals surface area contributed by atoms with E-state index in [0.29, 0.717) is 12.0 Å². The largest absolute Gasteiger partial charge is 0.449 e. The molecule has 2 N–H and O–H groups in total. The fourth-order valence-electron chi connectivity index (χ4n) is 7.18.